The van der Waals surface area contributed by atoms with E-state index in [9.17, 15) is 4.79 Å². The molecule has 0 aliphatic carbocycles. The molecule has 2 N–H and O–H groups in total. The Hall–Kier alpha value is -2.14. The molecular weight excluding hydrogens is 254 g/mol. The summed E-state index contributed by atoms with van der Waals surface area (Å²) in [6.07, 6.45) is 3.21. The van der Waals surface area contributed by atoms with Gasteiger partial charge in [0.05, 0.1) is 0 Å². The van der Waals surface area contributed by atoms with Gasteiger partial charge in [-0.25, -0.2) is 4.98 Å². The Morgan fingerprint density at radius 2 is 1.95 bits per heavy atom. The third-order valence-electron chi connectivity index (χ3n) is 3.18. The first kappa shape index (κ1) is 14.3. The highest BCUT2D eigenvalue weighted by Gasteiger charge is 2.11. The molecule has 1 aromatic heterocycles. The molecule has 0 fully saturated rings. The van der Waals surface area contributed by atoms with Gasteiger partial charge in [0.25, 0.3) is 5.88 Å². The molecule has 0 aliphatic heterocycles. The summed E-state index contributed by atoms with van der Waals surface area (Å²) in [6.45, 7) is 6.83. The van der Waals surface area contributed by atoms with E-state index in [4.69, 9.17) is 10.5 Å². The maximum atomic E-state index is 12.1. The highest BCUT2D eigenvalue weighted by molar-refractivity contribution is 5.44. The van der Waals surface area contributed by atoms with E-state index in [1.165, 1.54) is 0 Å². The predicted molar refractivity (Wildman–Crippen MR) is 78.1 cm³/mol. The summed E-state index contributed by atoms with van der Waals surface area (Å²) in [7, 11) is 0. The van der Waals surface area contributed by atoms with Crippen LogP contribution in [0.1, 0.15) is 23.6 Å². The van der Waals surface area contributed by atoms with E-state index in [0.717, 1.165) is 16.7 Å². The van der Waals surface area contributed by atoms with Crippen LogP contribution in [0, 0.1) is 13.8 Å². The van der Waals surface area contributed by atoms with E-state index in [-0.39, 0.29) is 11.4 Å². The first-order chi connectivity index (χ1) is 9.56. The van der Waals surface area contributed by atoms with Crippen LogP contribution in [-0.4, -0.2) is 9.55 Å². The quantitative estimate of drug-likeness (QED) is 0.926. The first-order valence-corrected chi connectivity index (χ1v) is 6.60. The second kappa shape index (κ2) is 5.88. The molecule has 0 saturated carbocycles. The van der Waals surface area contributed by atoms with Crippen molar-refractivity contribution in [1.82, 2.24) is 9.55 Å². The largest absolute Gasteiger partial charge is 0.434 e. The van der Waals surface area contributed by atoms with E-state index < -0.39 is 0 Å². The van der Waals surface area contributed by atoms with Crippen molar-refractivity contribution in [3.05, 3.63) is 51.6 Å². The van der Waals surface area contributed by atoms with Crippen LogP contribution in [0.15, 0.2) is 29.3 Å². The van der Waals surface area contributed by atoms with Gasteiger partial charge in [-0.1, -0.05) is 12.1 Å². The fraction of sp³-hybridized carbons (Fsp3) is 0.333. The minimum atomic E-state index is -0.225. The molecule has 0 unspecified atom stereocenters. The summed E-state index contributed by atoms with van der Waals surface area (Å²) in [5, 5.41) is 0. The van der Waals surface area contributed by atoms with Crippen LogP contribution < -0.4 is 16.0 Å². The van der Waals surface area contributed by atoms with Crippen molar-refractivity contribution in [1.29, 1.82) is 0 Å². The number of aromatic nitrogens is 2. The maximum absolute atomic E-state index is 12.1. The zero-order valence-electron chi connectivity index (χ0n) is 12.0. The zero-order chi connectivity index (χ0) is 14.7. The third kappa shape index (κ3) is 2.72. The van der Waals surface area contributed by atoms with E-state index in [1.54, 1.807) is 17.0 Å². The number of nitrogens with two attached hydrogens (primary N) is 1. The zero-order valence-corrected chi connectivity index (χ0v) is 12.0. The average molecular weight is 273 g/mol. The fourth-order valence-electron chi connectivity index (χ4n) is 2.16. The summed E-state index contributed by atoms with van der Waals surface area (Å²) >= 11 is 0. The Kier molecular flexibility index (Phi) is 4.20. The van der Waals surface area contributed by atoms with Crippen molar-refractivity contribution >= 4 is 0 Å². The molecule has 20 heavy (non-hydrogen) atoms. The van der Waals surface area contributed by atoms with Crippen LogP contribution in [-0.2, 0) is 13.1 Å². The van der Waals surface area contributed by atoms with Crippen molar-refractivity contribution < 1.29 is 4.74 Å². The molecule has 0 spiro atoms. The van der Waals surface area contributed by atoms with Gasteiger partial charge in [-0.15, -0.1) is 0 Å². The SMILES string of the molecule is CCn1ccnc(Oc2c(C)cc(CN)cc2C)c1=O. The minimum Gasteiger partial charge on any atom is -0.434 e. The molecule has 2 aromatic rings. The lowest BCUT2D eigenvalue weighted by molar-refractivity contribution is 0.439. The lowest BCUT2D eigenvalue weighted by atomic mass is 10.1. The highest BCUT2D eigenvalue weighted by atomic mass is 16.5. The molecule has 0 bridgehead atoms. The monoisotopic (exact) mass is 273 g/mol. The summed E-state index contributed by atoms with van der Waals surface area (Å²) in [4.78, 5) is 16.1. The van der Waals surface area contributed by atoms with Crippen LogP contribution in [0.25, 0.3) is 0 Å². The van der Waals surface area contributed by atoms with Crippen LogP contribution in [0.4, 0.5) is 0 Å². The van der Waals surface area contributed by atoms with Gasteiger partial charge in [-0.3, -0.25) is 4.79 Å². The Labute approximate surface area is 118 Å². The third-order valence-corrected chi connectivity index (χ3v) is 3.18. The average Bonchev–Trinajstić information content (AvgIpc) is 2.44. The van der Waals surface area contributed by atoms with Gasteiger partial charge in [-0.2, -0.15) is 0 Å². The predicted octanol–water partition coefficient (Wildman–Crippen LogP) is 2.13. The lowest BCUT2D eigenvalue weighted by Gasteiger charge is -2.13. The Morgan fingerprint density at radius 1 is 1.30 bits per heavy atom. The van der Waals surface area contributed by atoms with Crippen molar-refractivity contribution in [2.45, 2.75) is 33.9 Å². The van der Waals surface area contributed by atoms with Crippen LogP contribution in [0.3, 0.4) is 0 Å². The summed E-state index contributed by atoms with van der Waals surface area (Å²) in [6, 6.07) is 3.92. The Bertz CT molecular complexity index is 654. The normalized spacial score (nSPS) is 10.6. The van der Waals surface area contributed by atoms with Crippen molar-refractivity contribution in [3.8, 4) is 11.6 Å². The molecule has 0 saturated heterocycles. The minimum absolute atomic E-state index is 0.0982. The molecular formula is C15H19N3O2. The maximum Gasteiger partial charge on any atom is 0.313 e. The molecule has 0 atom stereocenters. The van der Waals surface area contributed by atoms with Crippen LogP contribution in [0.5, 0.6) is 11.6 Å². The molecule has 0 amide bonds. The smallest absolute Gasteiger partial charge is 0.313 e. The standard InChI is InChI=1S/C15H19N3O2/c1-4-18-6-5-17-14(15(18)19)20-13-10(2)7-12(9-16)8-11(13)3/h5-8H,4,9,16H2,1-3H3. The highest BCUT2D eigenvalue weighted by Crippen LogP contribution is 2.27. The van der Waals surface area contributed by atoms with Crippen molar-refractivity contribution in [3.63, 3.8) is 0 Å². The van der Waals surface area contributed by atoms with Gasteiger partial charge >= 0.3 is 5.56 Å². The second-order valence-electron chi connectivity index (χ2n) is 4.69. The lowest BCUT2D eigenvalue weighted by Crippen LogP contribution is -2.20. The van der Waals surface area contributed by atoms with Crippen LogP contribution >= 0.6 is 0 Å². The number of nitrogens with zero attached hydrogens (tertiary/aromatic N) is 2. The first-order valence-electron chi connectivity index (χ1n) is 6.60. The van der Waals surface area contributed by atoms with Crippen molar-refractivity contribution in [2.24, 2.45) is 5.73 Å². The number of rotatable bonds is 4. The number of hydrogen-bond donors (Lipinski definition) is 1. The van der Waals surface area contributed by atoms with Gasteiger partial charge in [0.2, 0.25) is 0 Å². The summed E-state index contributed by atoms with van der Waals surface area (Å²) in [5.74, 6) is 0.765. The molecule has 1 aromatic carbocycles. The van der Waals surface area contributed by atoms with Gasteiger partial charge in [-0.05, 0) is 37.5 Å². The second-order valence-corrected chi connectivity index (χ2v) is 4.69. The fourth-order valence-corrected chi connectivity index (χ4v) is 2.16. The molecule has 5 heteroatoms. The molecule has 106 valence electrons. The Balaban J connectivity index is 2.43. The van der Waals surface area contributed by atoms with E-state index >= 15 is 0 Å². The molecule has 1 heterocycles. The summed E-state index contributed by atoms with van der Waals surface area (Å²) < 4.78 is 7.28. The molecule has 2 rings (SSSR count). The van der Waals surface area contributed by atoms with Gasteiger partial charge in [0, 0.05) is 25.5 Å². The van der Waals surface area contributed by atoms with E-state index in [0.29, 0.717) is 18.8 Å². The molecule has 0 aliphatic rings. The van der Waals surface area contributed by atoms with Crippen molar-refractivity contribution in [2.75, 3.05) is 0 Å². The topological polar surface area (TPSA) is 70.1 Å². The van der Waals surface area contributed by atoms with Crippen LogP contribution in [0.2, 0.25) is 0 Å². The summed E-state index contributed by atoms with van der Waals surface area (Å²) in [5.41, 5.74) is 8.35. The van der Waals surface area contributed by atoms with Gasteiger partial charge in [0.1, 0.15) is 5.75 Å². The molecule has 5 nitrogen and oxygen atoms in total. The molecule has 0 radical (unpaired) electrons. The van der Waals surface area contributed by atoms with E-state index in [2.05, 4.69) is 4.98 Å². The van der Waals surface area contributed by atoms with Gasteiger partial charge < -0.3 is 15.0 Å². The number of aryl methyl sites for hydroxylation is 3. The number of hydrogen-bond acceptors (Lipinski definition) is 4. The number of benzene rings is 1. The van der Waals surface area contributed by atoms with Gasteiger partial charge in [0.15, 0.2) is 0 Å². The number of ether oxygens (including phenoxy) is 1. The Morgan fingerprint density at radius 3 is 2.50 bits per heavy atom. The van der Waals surface area contributed by atoms with E-state index in [1.807, 2.05) is 32.9 Å².